The van der Waals surface area contributed by atoms with Crippen LogP contribution in [0.15, 0.2) is 29.5 Å². The highest BCUT2D eigenvalue weighted by Crippen LogP contribution is 2.35. The van der Waals surface area contributed by atoms with Gasteiger partial charge >= 0.3 is 0 Å². The van der Waals surface area contributed by atoms with E-state index in [0.717, 1.165) is 25.7 Å². The van der Waals surface area contributed by atoms with Gasteiger partial charge in [-0.1, -0.05) is 12.8 Å². The minimum Gasteiger partial charge on any atom is -0.382 e. The third-order valence-corrected chi connectivity index (χ3v) is 3.98. The van der Waals surface area contributed by atoms with Crippen molar-refractivity contribution in [2.45, 2.75) is 31.2 Å². The molecule has 5 nitrogen and oxygen atoms in total. The second kappa shape index (κ2) is 4.74. The molecule has 1 aliphatic rings. The van der Waals surface area contributed by atoms with Crippen LogP contribution < -0.4 is 5.56 Å². The molecule has 0 bridgehead atoms. The summed E-state index contributed by atoms with van der Waals surface area (Å²) in [4.78, 5) is 21.1. The Balaban J connectivity index is 2.19. The van der Waals surface area contributed by atoms with E-state index in [0.29, 0.717) is 17.6 Å². The largest absolute Gasteiger partial charge is 0.382 e. The van der Waals surface area contributed by atoms with E-state index in [1.165, 1.54) is 0 Å². The number of aromatic nitrogens is 3. The van der Waals surface area contributed by atoms with Gasteiger partial charge in [0.25, 0.3) is 5.56 Å². The molecule has 0 aromatic carbocycles. The highest BCUT2D eigenvalue weighted by Gasteiger charge is 2.37. The Bertz CT molecular complexity index is 644. The molecule has 0 atom stereocenters. The fraction of sp³-hybridized carbons (Fsp3) is 0.500. The van der Waals surface area contributed by atoms with Crippen LogP contribution >= 0.6 is 0 Å². The summed E-state index contributed by atoms with van der Waals surface area (Å²) < 4.78 is 7.08. The van der Waals surface area contributed by atoms with Gasteiger partial charge in [0.1, 0.15) is 0 Å². The van der Waals surface area contributed by atoms with Gasteiger partial charge in [-0.25, -0.2) is 9.97 Å². The van der Waals surface area contributed by atoms with Gasteiger partial charge in [-0.15, -0.1) is 0 Å². The lowest BCUT2D eigenvalue weighted by molar-refractivity contribution is 0.0867. The lowest BCUT2D eigenvalue weighted by Gasteiger charge is -2.30. The Morgan fingerprint density at radius 3 is 2.89 bits per heavy atom. The van der Waals surface area contributed by atoms with E-state index in [1.54, 1.807) is 30.3 Å². The standard InChI is InChI=1S/C14H17N3O2/c1-19-9-14(6-2-3-7-14)17-10-16-11-5-4-8-15-12(11)13(17)18/h4-5,8,10H,2-3,6-7,9H2,1H3. The predicted molar refractivity (Wildman–Crippen MR) is 72.1 cm³/mol. The molecule has 1 saturated carbocycles. The SMILES string of the molecule is COCC1(n2cnc3cccnc3c2=O)CCCC1. The number of fused-ring (bicyclic) bond motifs is 1. The van der Waals surface area contributed by atoms with E-state index in [1.807, 2.05) is 6.07 Å². The smallest absolute Gasteiger partial charge is 0.280 e. The van der Waals surface area contributed by atoms with E-state index < -0.39 is 0 Å². The van der Waals surface area contributed by atoms with Crippen LogP contribution in [-0.2, 0) is 10.3 Å². The molecule has 0 aliphatic heterocycles. The molecule has 1 aliphatic carbocycles. The van der Waals surface area contributed by atoms with Gasteiger partial charge in [-0.3, -0.25) is 9.36 Å². The maximum absolute atomic E-state index is 12.6. The van der Waals surface area contributed by atoms with Crippen molar-refractivity contribution < 1.29 is 4.74 Å². The summed E-state index contributed by atoms with van der Waals surface area (Å²) in [7, 11) is 1.68. The molecule has 0 saturated heterocycles. The molecular weight excluding hydrogens is 242 g/mol. The Morgan fingerprint density at radius 2 is 2.16 bits per heavy atom. The van der Waals surface area contributed by atoms with Crippen LogP contribution in [0.3, 0.4) is 0 Å². The van der Waals surface area contributed by atoms with Crippen molar-refractivity contribution in [3.63, 3.8) is 0 Å². The van der Waals surface area contributed by atoms with Crippen LogP contribution in [0.2, 0.25) is 0 Å². The zero-order valence-electron chi connectivity index (χ0n) is 11.0. The maximum atomic E-state index is 12.6. The van der Waals surface area contributed by atoms with Gasteiger partial charge in [0.05, 0.1) is 24.0 Å². The molecular formula is C14H17N3O2. The summed E-state index contributed by atoms with van der Waals surface area (Å²) in [5.41, 5.74) is 0.774. The lowest BCUT2D eigenvalue weighted by Crippen LogP contribution is -2.42. The highest BCUT2D eigenvalue weighted by atomic mass is 16.5. The number of ether oxygens (including phenoxy) is 1. The summed E-state index contributed by atoms with van der Waals surface area (Å²) >= 11 is 0. The third-order valence-electron chi connectivity index (χ3n) is 3.98. The molecule has 0 spiro atoms. The lowest BCUT2D eigenvalue weighted by atomic mass is 9.98. The first kappa shape index (κ1) is 12.3. The first-order valence-electron chi connectivity index (χ1n) is 6.59. The fourth-order valence-electron chi connectivity index (χ4n) is 3.05. The van der Waals surface area contributed by atoms with Crippen LogP contribution in [0, 0.1) is 0 Å². The monoisotopic (exact) mass is 259 g/mol. The topological polar surface area (TPSA) is 57.0 Å². The van der Waals surface area contributed by atoms with Crippen molar-refractivity contribution in [3.05, 3.63) is 35.0 Å². The molecule has 0 N–H and O–H groups in total. The van der Waals surface area contributed by atoms with Crippen molar-refractivity contribution in [3.8, 4) is 0 Å². The number of methoxy groups -OCH3 is 1. The van der Waals surface area contributed by atoms with Crippen LogP contribution in [0.5, 0.6) is 0 Å². The van der Waals surface area contributed by atoms with Crippen molar-refractivity contribution in [2.75, 3.05) is 13.7 Å². The van der Waals surface area contributed by atoms with Crippen molar-refractivity contribution in [2.24, 2.45) is 0 Å². The average molecular weight is 259 g/mol. The van der Waals surface area contributed by atoms with Gasteiger partial charge in [0.2, 0.25) is 0 Å². The highest BCUT2D eigenvalue weighted by molar-refractivity contribution is 5.72. The fourth-order valence-corrected chi connectivity index (χ4v) is 3.05. The molecule has 1 fully saturated rings. The van der Waals surface area contributed by atoms with Gasteiger partial charge in [0.15, 0.2) is 5.52 Å². The van der Waals surface area contributed by atoms with Crippen LogP contribution in [-0.4, -0.2) is 28.3 Å². The summed E-state index contributed by atoms with van der Waals surface area (Å²) in [6.45, 7) is 0.549. The minimum atomic E-state index is -0.245. The zero-order valence-corrected chi connectivity index (χ0v) is 11.0. The second-order valence-corrected chi connectivity index (χ2v) is 5.16. The number of hydrogen-bond acceptors (Lipinski definition) is 4. The van der Waals surface area contributed by atoms with Crippen molar-refractivity contribution >= 4 is 11.0 Å². The van der Waals surface area contributed by atoms with Gasteiger partial charge < -0.3 is 4.74 Å². The first-order valence-corrected chi connectivity index (χ1v) is 6.59. The molecule has 3 rings (SSSR count). The van der Waals surface area contributed by atoms with Crippen LogP contribution in [0.25, 0.3) is 11.0 Å². The summed E-state index contributed by atoms with van der Waals surface area (Å²) in [5.74, 6) is 0. The Morgan fingerprint density at radius 1 is 1.37 bits per heavy atom. The first-order chi connectivity index (χ1) is 9.27. The number of hydrogen-bond donors (Lipinski definition) is 0. The summed E-state index contributed by atoms with van der Waals surface area (Å²) in [6, 6.07) is 3.60. The van der Waals surface area contributed by atoms with E-state index in [2.05, 4.69) is 9.97 Å². The molecule has 0 radical (unpaired) electrons. The normalized spacial score (nSPS) is 17.9. The van der Waals surface area contributed by atoms with E-state index in [4.69, 9.17) is 4.74 Å². The molecule has 19 heavy (non-hydrogen) atoms. The molecule has 2 heterocycles. The van der Waals surface area contributed by atoms with Crippen LogP contribution in [0.4, 0.5) is 0 Å². The summed E-state index contributed by atoms with van der Waals surface area (Å²) in [5, 5.41) is 0. The Labute approximate surface area is 111 Å². The molecule has 2 aromatic heterocycles. The summed E-state index contributed by atoms with van der Waals surface area (Å²) in [6.07, 6.45) is 7.44. The van der Waals surface area contributed by atoms with E-state index in [-0.39, 0.29) is 11.1 Å². The molecule has 100 valence electrons. The van der Waals surface area contributed by atoms with Gasteiger partial charge in [0, 0.05) is 13.3 Å². The number of rotatable bonds is 3. The number of nitrogens with zero attached hydrogens (tertiary/aromatic N) is 3. The quantitative estimate of drug-likeness (QED) is 0.842. The second-order valence-electron chi connectivity index (χ2n) is 5.16. The maximum Gasteiger partial charge on any atom is 0.280 e. The Kier molecular flexibility index (Phi) is 3.06. The van der Waals surface area contributed by atoms with Crippen LogP contribution in [0.1, 0.15) is 25.7 Å². The average Bonchev–Trinajstić information content (AvgIpc) is 2.89. The molecule has 0 unspecified atom stereocenters. The predicted octanol–water partition coefficient (Wildman–Crippen LogP) is 1.71. The van der Waals surface area contributed by atoms with Crippen molar-refractivity contribution in [1.82, 2.24) is 14.5 Å². The number of pyridine rings is 1. The van der Waals surface area contributed by atoms with E-state index in [9.17, 15) is 4.79 Å². The minimum absolute atomic E-state index is 0.0652. The molecule has 2 aromatic rings. The zero-order chi connectivity index (χ0) is 13.3. The van der Waals surface area contributed by atoms with Gasteiger partial charge in [-0.2, -0.15) is 0 Å². The van der Waals surface area contributed by atoms with E-state index >= 15 is 0 Å². The van der Waals surface area contributed by atoms with Crippen molar-refractivity contribution in [1.29, 1.82) is 0 Å². The van der Waals surface area contributed by atoms with Gasteiger partial charge in [-0.05, 0) is 25.0 Å². The Hall–Kier alpha value is -1.75. The molecule has 5 heteroatoms. The third kappa shape index (κ3) is 1.94. The molecule has 0 amide bonds.